The lowest BCUT2D eigenvalue weighted by molar-refractivity contribution is -0.117. The van der Waals surface area contributed by atoms with E-state index >= 15 is 0 Å². The van der Waals surface area contributed by atoms with Gasteiger partial charge in [0.15, 0.2) is 0 Å². The molecule has 1 aliphatic rings. The first-order valence-electron chi connectivity index (χ1n) is 4.14. The molecule has 15 heavy (non-hydrogen) atoms. The number of nitrogens with zero attached hydrogens (tertiary/aromatic N) is 1. The van der Waals surface area contributed by atoms with Gasteiger partial charge < -0.3 is 0 Å². The predicted molar refractivity (Wildman–Crippen MR) is 47.2 cm³/mol. The molecule has 0 spiro atoms. The van der Waals surface area contributed by atoms with Crippen LogP contribution in [-0.4, -0.2) is 18.5 Å². The quantitative estimate of drug-likeness (QED) is 0.706. The predicted octanol–water partition coefficient (Wildman–Crippen LogP) is 1.02. The number of hydrogen-bond donors (Lipinski definition) is 1. The van der Waals surface area contributed by atoms with Crippen molar-refractivity contribution in [1.29, 1.82) is 0 Å². The topological polar surface area (TPSA) is 49.4 Å². The summed E-state index contributed by atoms with van der Waals surface area (Å²) in [6, 6.07) is 1.97. The Bertz CT molecular complexity index is 448. The molecule has 1 aliphatic heterocycles. The number of amides is 3. The van der Waals surface area contributed by atoms with Gasteiger partial charge in [-0.05, 0) is 12.1 Å². The first kappa shape index (κ1) is 9.57. The first-order valence-corrected chi connectivity index (χ1v) is 4.14. The Morgan fingerprint density at radius 1 is 1.27 bits per heavy atom. The molecule has 0 radical (unpaired) electrons. The number of halogens is 2. The molecule has 0 bridgehead atoms. The van der Waals surface area contributed by atoms with Gasteiger partial charge in [0.2, 0.25) is 5.91 Å². The normalized spacial score (nSPS) is 15.7. The number of rotatable bonds is 1. The number of hydrogen-bond acceptors (Lipinski definition) is 2. The summed E-state index contributed by atoms with van der Waals surface area (Å²) < 4.78 is 26.0. The molecule has 1 aromatic carbocycles. The highest BCUT2D eigenvalue weighted by molar-refractivity contribution is 6.12. The van der Waals surface area contributed by atoms with Crippen LogP contribution in [0.25, 0.3) is 0 Å². The lowest BCUT2D eigenvalue weighted by Crippen LogP contribution is -2.28. The summed E-state index contributed by atoms with van der Waals surface area (Å²) in [6.45, 7) is -0.292. The Morgan fingerprint density at radius 3 is 2.60 bits per heavy atom. The summed E-state index contributed by atoms with van der Waals surface area (Å²) in [4.78, 5) is 22.8. The minimum atomic E-state index is -0.749. The molecule has 1 heterocycles. The van der Waals surface area contributed by atoms with Crippen LogP contribution in [0.15, 0.2) is 18.2 Å². The second-order valence-corrected chi connectivity index (χ2v) is 3.04. The molecule has 1 N–H and O–H groups in total. The molecule has 4 nitrogen and oxygen atoms in total. The molecule has 1 fully saturated rings. The maximum Gasteiger partial charge on any atom is 0.329 e. The van der Waals surface area contributed by atoms with Gasteiger partial charge in [0.25, 0.3) is 0 Å². The van der Waals surface area contributed by atoms with Gasteiger partial charge in [0.05, 0.1) is 5.69 Å². The van der Waals surface area contributed by atoms with Crippen molar-refractivity contribution in [3.05, 3.63) is 29.8 Å². The molecule has 0 saturated carbocycles. The number of carbonyl (C=O) groups is 2. The van der Waals surface area contributed by atoms with E-state index in [0.717, 1.165) is 23.1 Å². The molecular weight excluding hydrogens is 206 g/mol. The molecule has 0 atom stereocenters. The average molecular weight is 212 g/mol. The van der Waals surface area contributed by atoms with Crippen molar-refractivity contribution in [1.82, 2.24) is 5.32 Å². The number of anilines is 1. The molecule has 2 rings (SSSR count). The van der Waals surface area contributed by atoms with Gasteiger partial charge in [-0.1, -0.05) is 0 Å². The van der Waals surface area contributed by atoms with Gasteiger partial charge in [-0.2, -0.15) is 0 Å². The molecule has 0 unspecified atom stereocenters. The fourth-order valence-electron chi connectivity index (χ4n) is 1.33. The second kappa shape index (κ2) is 3.30. The number of nitrogens with one attached hydrogen (secondary N) is 1. The third-order valence-corrected chi connectivity index (χ3v) is 1.99. The summed E-state index contributed by atoms with van der Waals surface area (Å²) in [5.41, 5.74) is -0.238. The van der Waals surface area contributed by atoms with Crippen molar-refractivity contribution in [2.24, 2.45) is 0 Å². The van der Waals surface area contributed by atoms with Crippen LogP contribution in [0, 0.1) is 11.6 Å². The minimum absolute atomic E-state index is 0.238. The van der Waals surface area contributed by atoms with Crippen LogP contribution in [-0.2, 0) is 4.79 Å². The molecule has 0 aromatic heterocycles. The van der Waals surface area contributed by atoms with Gasteiger partial charge >= 0.3 is 6.03 Å². The Morgan fingerprint density at radius 2 is 2.00 bits per heavy atom. The van der Waals surface area contributed by atoms with Gasteiger partial charge in [0, 0.05) is 6.07 Å². The molecule has 6 heteroatoms. The Balaban J connectivity index is 2.41. The highest BCUT2D eigenvalue weighted by Crippen LogP contribution is 2.21. The molecule has 78 valence electrons. The highest BCUT2D eigenvalue weighted by atomic mass is 19.1. The Kier molecular flexibility index (Phi) is 2.11. The smallest absolute Gasteiger partial charge is 0.282 e. The zero-order chi connectivity index (χ0) is 11.0. The van der Waals surface area contributed by atoms with Crippen LogP contribution in [0.4, 0.5) is 19.3 Å². The van der Waals surface area contributed by atoms with Crippen molar-refractivity contribution in [3.8, 4) is 0 Å². The molecule has 0 aliphatic carbocycles. The summed E-state index contributed by atoms with van der Waals surface area (Å²) in [7, 11) is 0. The van der Waals surface area contributed by atoms with E-state index in [1.54, 1.807) is 0 Å². The highest BCUT2D eigenvalue weighted by Gasteiger charge is 2.29. The van der Waals surface area contributed by atoms with E-state index in [1.165, 1.54) is 0 Å². The van der Waals surface area contributed by atoms with Crippen LogP contribution < -0.4 is 10.2 Å². The standard InChI is InChI=1S/C9H6F2N2O2/c10-5-1-2-6(11)7(3-5)13-4-8(14)12-9(13)15/h1-3H,4H2,(H,12,14,15). The van der Waals surface area contributed by atoms with Crippen molar-refractivity contribution in [2.45, 2.75) is 0 Å². The van der Waals surface area contributed by atoms with Crippen molar-refractivity contribution in [3.63, 3.8) is 0 Å². The van der Waals surface area contributed by atoms with E-state index in [-0.39, 0.29) is 12.2 Å². The van der Waals surface area contributed by atoms with Gasteiger partial charge in [0.1, 0.15) is 18.2 Å². The molecule has 3 amide bonds. The largest absolute Gasteiger partial charge is 0.329 e. The fraction of sp³-hybridized carbons (Fsp3) is 0.111. The molecule has 1 saturated heterocycles. The summed E-state index contributed by atoms with van der Waals surface area (Å²) >= 11 is 0. The maximum atomic E-state index is 13.2. The van der Waals surface area contributed by atoms with E-state index < -0.39 is 23.6 Å². The number of imide groups is 1. The number of benzene rings is 1. The minimum Gasteiger partial charge on any atom is -0.282 e. The third kappa shape index (κ3) is 1.65. The van der Waals surface area contributed by atoms with Gasteiger partial charge in [-0.15, -0.1) is 0 Å². The lowest BCUT2D eigenvalue weighted by Gasteiger charge is -2.13. The van der Waals surface area contributed by atoms with Gasteiger partial charge in [-0.25, -0.2) is 13.6 Å². The van der Waals surface area contributed by atoms with Crippen LogP contribution in [0.1, 0.15) is 0 Å². The van der Waals surface area contributed by atoms with Crippen molar-refractivity contribution >= 4 is 17.6 Å². The van der Waals surface area contributed by atoms with Gasteiger partial charge in [-0.3, -0.25) is 15.0 Å². The van der Waals surface area contributed by atoms with E-state index in [9.17, 15) is 18.4 Å². The van der Waals surface area contributed by atoms with Crippen molar-refractivity contribution < 1.29 is 18.4 Å². The SMILES string of the molecule is O=C1CN(c2cc(F)ccc2F)C(=O)N1. The first-order chi connectivity index (χ1) is 7.08. The average Bonchev–Trinajstić information content (AvgIpc) is 2.50. The second-order valence-electron chi connectivity index (χ2n) is 3.04. The fourth-order valence-corrected chi connectivity index (χ4v) is 1.33. The molecular formula is C9H6F2N2O2. The Hall–Kier alpha value is -1.98. The molecule has 1 aromatic rings. The summed E-state index contributed by atoms with van der Waals surface area (Å²) in [5.74, 6) is -1.96. The van der Waals surface area contributed by atoms with Crippen molar-refractivity contribution in [2.75, 3.05) is 11.4 Å². The van der Waals surface area contributed by atoms with E-state index in [2.05, 4.69) is 0 Å². The van der Waals surface area contributed by atoms with E-state index in [4.69, 9.17) is 0 Å². The number of carbonyl (C=O) groups excluding carboxylic acids is 2. The Labute approximate surface area is 83.5 Å². The van der Waals surface area contributed by atoms with Crippen LogP contribution in [0.3, 0.4) is 0 Å². The zero-order valence-electron chi connectivity index (χ0n) is 7.46. The van der Waals surface area contributed by atoms with Crippen LogP contribution in [0.2, 0.25) is 0 Å². The van der Waals surface area contributed by atoms with E-state index in [1.807, 2.05) is 5.32 Å². The maximum absolute atomic E-state index is 13.2. The number of urea groups is 1. The summed E-state index contributed by atoms with van der Waals surface area (Å²) in [5, 5.41) is 1.97. The van der Waals surface area contributed by atoms with Crippen LogP contribution >= 0.6 is 0 Å². The monoisotopic (exact) mass is 212 g/mol. The zero-order valence-corrected chi connectivity index (χ0v) is 7.46. The lowest BCUT2D eigenvalue weighted by atomic mass is 10.2. The third-order valence-electron chi connectivity index (χ3n) is 1.99. The summed E-state index contributed by atoms with van der Waals surface area (Å²) in [6.07, 6.45) is 0. The van der Waals surface area contributed by atoms with Crippen LogP contribution in [0.5, 0.6) is 0 Å². The van der Waals surface area contributed by atoms with E-state index in [0.29, 0.717) is 0 Å².